The van der Waals surface area contributed by atoms with Gasteiger partial charge < -0.3 is 14.8 Å². The van der Waals surface area contributed by atoms with Crippen molar-refractivity contribution in [2.24, 2.45) is 5.92 Å². The van der Waals surface area contributed by atoms with Crippen molar-refractivity contribution in [3.63, 3.8) is 0 Å². The normalized spacial score (nSPS) is 23.1. The molecule has 3 atom stereocenters. The average molecular weight is 523 g/mol. The second-order valence-corrected chi connectivity index (χ2v) is 11.2. The van der Waals surface area contributed by atoms with Crippen molar-refractivity contribution in [3.8, 4) is 29.4 Å². The van der Waals surface area contributed by atoms with Crippen LogP contribution < -0.4 is 10.1 Å². The molecule has 1 aromatic carbocycles. The molecule has 1 heterocycles. The maximum absolute atomic E-state index is 14.1. The van der Waals surface area contributed by atoms with Crippen molar-refractivity contribution < 1.29 is 35.9 Å². The highest BCUT2D eigenvalue weighted by atomic mass is 32.2. The molecular weight excluding hydrogens is 497 g/mol. The van der Waals surface area contributed by atoms with E-state index in [0.717, 1.165) is 12.1 Å². The quantitative estimate of drug-likeness (QED) is 0.559. The van der Waals surface area contributed by atoms with E-state index in [-0.39, 0.29) is 24.3 Å². The predicted molar refractivity (Wildman–Crippen MR) is 125 cm³/mol. The molecule has 0 radical (unpaired) electrons. The Balaban J connectivity index is 1.65. The number of alkyl halides is 3. The zero-order chi connectivity index (χ0) is 26.3. The standard InChI is InChI=1S/C25H25F3N2O5S/c1-4-24(9-10-24)30-23(31)18-12-17(13-20(18)34-2)36(32,33)21-7-5-15(11-19(21)25(26,27)28)16-6-8-22(35-3)29-14-16/h1,5-8,11,14,17-18,20H,9-10,12-13H2,2-3H3,(H,30,31)/t17-,18-,20-/m0/s1. The molecule has 2 fully saturated rings. The van der Waals surface area contributed by atoms with Gasteiger partial charge in [-0.05, 0) is 49.4 Å². The molecule has 1 aromatic heterocycles. The van der Waals surface area contributed by atoms with E-state index in [9.17, 15) is 26.4 Å². The number of nitrogens with one attached hydrogen (secondary N) is 1. The van der Waals surface area contributed by atoms with Crippen LogP contribution in [0.5, 0.6) is 5.88 Å². The van der Waals surface area contributed by atoms with Gasteiger partial charge in [-0.3, -0.25) is 4.79 Å². The van der Waals surface area contributed by atoms with Crippen LogP contribution in [-0.2, 0) is 25.5 Å². The number of pyridine rings is 1. The molecule has 2 saturated carbocycles. The molecule has 2 aliphatic rings. The summed E-state index contributed by atoms with van der Waals surface area (Å²) in [7, 11) is -1.71. The molecule has 1 amide bonds. The fraction of sp³-hybridized carbons (Fsp3) is 0.440. The van der Waals surface area contributed by atoms with Gasteiger partial charge in [-0.2, -0.15) is 13.2 Å². The number of ether oxygens (including phenoxy) is 2. The van der Waals surface area contributed by atoms with Crippen LogP contribution in [0.3, 0.4) is 0 Å². The van der Waals surface area contributed by atoms with Gasteiger partial charge in [0.1, 0.15) is 5.54 Å². The number of amides is 1. The summed E-state index contributed by atoms with van der Waals surface area (Å²) in [6.07, 6.45) is 2.07. The Bertz CT molecular complexity index is 1300. The zero-order valence-electron chi connectivity index (χ0n) is 19.6. The Labute approximate surface area is 207 Å². The number of rotatable bonds is 7. The average Bonchev–Trinajstić information content (AvgIpc) is 3.48. The van der Waals surface area contributed by atoms with Crippen LogP contribution in [0.2, 0.25) is 0 Å². The van der Waals surface area contributed by atoms with E-state index in [1.807, 2.05) is 0 Å². The van der Waals surface area contributed by atoms with Gasteiger partial charge in [0, 0.05) is 24.9 Å². The van der Waals surface area contributed by atoms with Crippen molar-refractivity contribution >= 4 is 15.7 Å². The Morgan fingerprint density at radius 2 is 1.86 bits per heavy atom. The molecule has 192 valence electrons. The number of hydrogen-bond acceptors (Lipinski definition) is 6. The first-order valence-corrected chi connectivity index (χ1v) is 12.8. The van der Waals surface area contributed by atoms with Gasteiger partial charge in [0.15, 0.2) is 9.84 Å². The minimum Gasteiger partial charge on any atom is -0.481 e. The summed E-state index contributed by atoms with van der Waals surface area (Å²) in [6, 6.07) is 6.09. The molecule has 0 saturated heterocycles. The zero-order valence-corrected chi connectivity index (χ0v) is 20.4. The molecule has 7 nitrogen and oxygen atoms in total. The third-order valence-corrected chi connectivity index (χ3v) is 9.03. The smallest absolute Gasteiger partial charge is 0.417 e. The SMILES string of the molecule is C#CC1(NC(=O)[C@H]2C[C@H](S(=O)(=O)c3ccc(-c4ccc(OC)nc4)cc3C(F)(F)F)C[C@@H]2OC)CC1. The lowest BCUT2D eigenvalue weighted by atomic mass is 10.0. The van der Waals surface area contributed by atoms with Crippen molar-refractivity contribution in [1.29, 1.82) is 0 Å². The molecule has 0 bridgehead atoms. The third kappa shape index (κ3) is 4.92. The van der Waals surface area contributed by atoms with Gasteiger partial charge in [0.05, 0.1) is 34.8 Å². The lowest BCUT2D eigenvalue weighted by molar-refractivity contribution is -0.139. The molecule has 1 N–H and O–H groups in total. The number of terminal acetylenes is 1. The molecule has 2 aliphatic carbocycles. The van der Waals surface area contributed by atoms with Gasteiger partial charge >= 0.3 is 6.18 Å². The van der Waals surface area contributed by atoms with E-state index in [1.165, 1.54) is 38.6 Å². The Hall–Kier alpha value is -3.10. The monoisotopic (exact) mass is 522 g/mol. The van der Waals surface area contributed by atoms with Crippen molar-refractivity contribution in [1.82, 2.24) is 10.3 Å². The van der Waals surface area contributed by atoms with Crippen LogP contribution in [0.1, 0.15) is 31.2 Å². The Morgan fingerprint density at radius 1 is 1.17 bits per heavy atom. The minimum atomic E-state index is -4.93. The van der Waals surface area contributed by atoms with Gasteiger partial charge in [0.25, 0.3) is 0 Å². The maximum Gasteiger partial charge on any atom is 0.417 e. The lowest BCUT2D eigenvalue weighted by Gasteiger charge is -2.20. The van der Waals surface area contributed by atoms with Crippen LogP contribution in [-0.4, -0.2) is 50.4 Å². The first-order valence-electron chi connectivity index (χ1n) is 11.2. The second-order valence-electron chi connectivity index (χ2n) is 9.03. The van der Waals surface area contributed by atoms with E-state index in [1.54, 1.807) is 0 Å². The van der Waals surface area contributed by atoms with E-state index in [0.29, 0.717) is 18.4 Å². The summed E-state index contributed by atoms with van der Waals surface area (Å²) in [5.41, 5.74) is -1.49. The van der Waals surface area contributed by atoms with E-state index >= 15 is 0 Å². The highest BCUT2D eigenvalue weighted by molar-refractivity contribution is 7.92. The molecule has 4 rings (SSSR count). The summed E-state index contributed by atoms with van der Waals surface area (Å²) in [6.45, 7) is 0. The van der Waals surface area contributed by atoms with Gasteiger partial charge in [0.2, 0.25) is 11.8 Å². The molecule has 2 aromatic rings. The summed E-state index contributed by atoms with van der Waals surface area (Å²) in [5.74, 6) is 1.52. The number of sulfone groups is 1. The summed E-state index contributed by atoms with van der Waals surface area (Å²) in [5, 5.41) is 1.53. The molecule has 0 aliphatic heterocycles. The van der Waals surface area contributed by atoms with Gasteiger partial charge in [-0.25, -0.2) is 13.4 Å². The van der Waals surface area contributed by atoms with Crippen LogP contribution >= 0.6 is 0 Å². The highest BCUT2D eigenvalue weighted by Gasteiger charge is 2.50. The largest absolute Gasteiger partial charge is 0.481 e. The highest BCUT2D eigenvalue weighted by Crippen LogP contribution is 2.43. The van der Waals surface area contributed by atoms with E-state index in [4.69, 9.17) is 15.9 Å². The maximum atomic E-state index is 14.1. The first kappa shape index (κ1) is 26.0. The summed E-state index contributed by atoms with van der Waals surface area (Å²) in [4.78, 5) is 16.0. The fourth-order valence-electron chi connectivity index (χ4n) is 4.53. The van der Waals surface area contributed by atoms with Gasteiger partial charge in [-0.1, -0.05) is 12.0 Å². The Morgan fingerprint density at radius 3 is 2.39 bits per heavy atom. The first-order chi connectivity index (χ1) is 16.9. The third-order valence-electron chi connectivity index (χ3n) is 6.80. The Kier molecular flexibility index (Phi) is 6.79. The molecule has 0 unspecified atom stereocenters. The van der Waals surface area contributed by atoms with Crippen LogP contribution in [0.25, 0.3) is 11.1 Å². The molecule has 0 spiro atoms. The minimum absolute atomic E-state index is 0.110. The number of aromatic nitrogens is 1. The molecular formula is C25H25F3N2O5S. The lowest BCUT2D eigenvalue weighted by Crippen LogP contribution is -2.42. The summed E-state index contributed by atoms with van der Waals surface area (Å²) < 4.78 is 79.4. The number of halogens is 3. The second kappa shape index (κ2) is 9.41. The van der Waals surface area contributed by atoms with Crippen LogP contribution in [0.15, 0.2) is 41.4 Å². The summed E-state index contributed by atoms with van der Waals surface area (Å²) >= 11 is 0. The number of benzene rings is 1. The van der Waals surface area contributed by atoms with Crippen LogP contribution in [0.4, 0.5) is 13.2 Å². The number of carbonyl (C=O) groups excluding carboxylic acids is 1. The number of carbonyl (C=O) groups is 1. The van der Waals surface area contributed by atoms with Crippen molar-refractivity contribution in [2.75, 3.05) is 14.2 Å². The molecule has 11 heteroatoms. The topological polar surface area (TPSA) is 94.6 Å². The van der Waals surface area contributed by atoms with Crippen molar-refractivity contribution in [2.45, 2.75) is 53.6 Å². The van der Waals surface area contributed by atoms with E-state index in [2.05, 4.69) is 16.2 Å². The molecule has 36 heavy (non-hydrogen) atoms. The number of hydrogen-bond donors (Lipinski definition) is 1. The van der Waals surface area contributed by atoms with Crippen molar-refractivity contribution in [3.05, 3.63) is 42.1 Å². The van der Waals surface area contributed by atoms with E-state index < -0.39 is 55.2 Å². The fourth-order valence-corrected chi connectivity index (χ4v) is 6.54. The van der Waals surface area contributed by atoms with Crippen LogP contribution in [0, 0.1) is 18.3 Å². The number of nitrogens with zero attached hydrogens (tertiary/aromatic N) is 1. The number of methoxy groups -OCH3 is 2. The van der Waals surface area contributed by atoms with Gasteiger partial charge in [-0.15, -0.1) is 6.42 Å². The predicted octanol–water partition coefficient (Wildman–Crippen LogP) is 3.63.